The first kappa shape index (κ1) is 12.2. The van der Waals surface area contributed by atoms with Crippen LogP contribution >= 0.6 is 0 Å². The molecule has 1 N–H and O–H groups in total. The highest BCUT2D eigenvalue weighted by molar-refractivity contribution is 5.96. The molecule has 0 fully saturated rings. The molecule has 2 aromatic rings. The van der Waals surface area contributed by atoms with E-state index in [0.29, 0.717) is 17.1 Å². The molecule has 0 atom stereocenters. The Labute approximate surface area is 105 Å². The van der Waals surface area contributed by atoms with Crippen LogP contribution in [-0.4, -0.2) is 27.8 Å². The number of hydrogen-bond acceptors (Lipinski definition) is 4. The minimum Gasteiger partial charge on any atom is -0.504 e. The molecule has 0 saturated carbocycles. The van der Waals surface area contributed by atoms with Gasteiger partial charge in [0, 0.05) is 6.92 Å². The van der Waals surface area contributed by atoms with E-state index in [4.69, 9.17) is 4.74 Å². The summed E-state index contributed by atoms with van der Waals surface area (Å²) in [5, 5.41) is 14.0. The van der Waals surface area contributed by atoms with Crippen LogP contribution in [0.25, 0.3) is 5.69 Å². The van der Waals surface area contributed by atoms with Crippen LogP contribution in [0.5, 0.6) is 11.5 Å². The summed E-state index contributed by atoms with van der Waals surface area (Å²) in [6.45, 7) is 3.04. The third-order valence-corrected chi connectivity index (χ3v) is 2.68. The van der Waals surface area contributed by atoms with Crippen LogP contribution in [-0.2, 0) is 0 Å². The summed E-state index contributed by atoms with van der Waals surface area (Å²) in [5.74, 6) is 0.245. The van der Waals surface area contributed by atoms with Gasteiger partial charge in [-0.1, -0.05) is 12.1 Å². The molecule has 0 aliphatic carbocycles. The fourth-order valence-electron chi connectivity index (χ4n) is 1.81. The van der Waals surface area contributed by atoms with Crippen molar-refractivity contribution in [3.05, 3.63) is 35.7 Å². The maximum Gasteiger partial charge on any atom is 0.182 e. The molecular weight excluding hydrogens is 232 g/mol. The third kappa shape index (κ3) is 1.84. The molecule has 0 bridgehead atoms. The van der Waals surface area contributed by atoms with Crippen molar-refractivity contribution in [3.8, 4) is 17.2 Å². The van der Waals surface area contributed by atoms with Crippen molar-refractivity contribution in [1.29, 1.82) is 0 Å². The minimum atomic E-state index is -0.251. The van der Waals surface area contributed by atoms with Gasteiger partial charge in [-0.25, -0.2) is 4.68 Å². The number of benzene rings is 1. The van der Waals surface area contributed by atoms with Crippen molar-refractivity contribution >= 4 is 5.78 Å². The second-order valence-electron chi connectivity index (χ2n) is 3.92. The van der Waals surface area contributed by atoms with Gasteiger partial charge in [0.25, 0.3) is 0 Å². The van der Waals surface area contributed by atoms with Gasteiger partial charge in [0.05, 0.1) is 7.11 Å². The Kier molecular flexibility index (Phi) is 3.06. The van der Waals surface area contributed by atoms with E-state index in [2.05, 4.69) is 5.10 Å². The highest BCUT2D eigenvalue weighted by Crippen LogP contribution is 2.29. The van der Waals surface area contributed by atoms with E-state index < -0.39 is 0 Å². The maximum atomic E-state index is 11.6. The van der Waals surface area contributed by atoms with Crippen LogP contribution in [0.1, 0.15) is 23.1 Å². The molecule has 0 saturated heterocycles. The number of rotatable bonds is 3. The van der Waals surface area contributed by atoms with Gasteiger partial charge in [0.1, 0.15) is 17.1 Å². The molecule has 1 heterocycles. The van der Waals surface area contributed by atoms with Crippen LogP contribution in [0.3, 0.4) is 0 Å². The van der Waals surface area contributed by atoms with Crippen LogP contribution in [0.2, 0.25) is 0 Å². The number of ether oxygens (including phenoxy) is 1. The number of carbonyl (C=O) groups is 1. The van der Waals surface area contributed by atoms with Crippen molar-refractivity contribution in [3.63, 3.8) is 0 Å². The van der Waals surface area contributed by atoms with Crippen LogP contribution in [0, 0.1) is 6.92 Å². The first-order valence-electron chi connectivity index (χ1n) is 5.49. The molecule has 0 aliphatic heterocycles. The summed E-state index contributed by atoms with van der Waals surface area (Å²) in [5.41, 5.74) is 1.19. The van der Waals surface area contributed by atoms with Crippen LogP contribution in [0.4, 0.5) is 0 Å². The normalized spacial score (nSPS) is 10.4. The van der Waals surface area contributed by atoms with Crippen molar-refractivity contribution in [1.82, 2.24) is 9.78 Å². The molecule has 0 amide bonds. The Morgan fingerprint density at radius 3 is 2.67 bits per heavy atom. The van der Waals surface area contributed by atoms with E-state index in [-0.39, 0.29) is 17.2 Å². The molecule has 1 aromatic carbocycles. The van der Waals surface area contributed by atoms with E-state index in [0.717, 1.165) is 0 Å². The molecule has 0 spiro atoms. The lowest BCUT2D eigenvalue weighted by atomic mass is 10.2. The summed E-state index contributed by atoms with van der Waals surface area (Å²) in [4.78, 5) is 11.6. The standard InChI is InChI=1S/C13H14N2O3/c1-8-13(17)12(9(2)16)15(14-8)10-6-4-5-7-11(10)18-3/h4-7,17H,1-3H3. The maximum absolute atomic E-state index is 11.6. The Morgan fingerprint density at radius 2 is 2.06 bits per heavy atom. The Bertz CT molecular complexity index is 602. The van der Waals surface area contributed by atoms with E-state index in [1.807, 2.05) is 12.1 Å². The quantitative estimate of drug-likeness (QED) is 0.842. The number of aryl methyl sites for hydroxylation is 1. The number of hydrogen-bond donors (Lipinski definition) is 1. The molecule has 0 aliphatic rings. The van der Waals surface area contributed by atoms with Gasteiger partial charge in [0.2, 0.25) is 0 Å². The summed E-state index contributed by atoms with van der Waals surface area (Å²) >= 11 is 0. The molecule has 5 nitrogen and oxygen atoms in total. The summed E-state index contributed by atoms with van der Waals surface area (Å²) in [6, 6.07) is 7.19. The average molecular weight is 246 g/mol. The summed E-state index contributed by atoms with van der Waals surface area (Å²) in [7, 11) is 1.54. The number of aromatic nitrogens is 2. The summed E-state index contributed by atoms with van der Waals surface area (Å²) in [6.07, 6.45) is 0. The predicted molar refractivity (Wildman–Crippen MR) is 66.5 cm³/mol. The van der Waals surface area contributed by atoms with Gasteiger partial charge < -0.3 is 9.84 Å². The van der Waals surface area contributed by atoms with E-state index in [1.54, 1.807) is 26.2 Å². The Hall–Kier alpha value is -2.30. The molecule has 5 heteroatoms. The fourth-order valence-corrected chi connectivity index (χ4v) is 1.81. The smallest absolute Gasteiger partial charge is 0.182 e. The number of methoxy groups -OCH3 is 1. The van der Waals surface area contributed by atoms with Gasteiger partial charge >= 0.3 is 0 Å². The second-order valence-corrected chi connectivity index (χ2v) is 3.92. The zero-order valence-corrected chi connectivity index (χ0v) is 10.5. The van der Waals surface area contributed by atoms with Gasteiger partial charge in [-0.05, 0) is 19.1 Å². The van der Waals surface area contributed by atoms with Crippen molar-refractivity contribution in [2.24, 2.45) is 0 Å². The molecule has 1 aromatic heterocycles. The third-order valence-electron chi connectivity index (χ3n) is 2.68. The molecule has 2 rings (SSSR count). The van der Waals surface area contributed by atoms with Gasteiger partial charge in [-0.15, -0.1) is 0 Å². The molecule has 0 unspecified atom stereocenters. The Balaban J connectivity index is 2.71. The molecule has 94 valence electrons. The van der Waals surface area contributed by atoms with Crippen molar-refractivity contribution in [2.75, 3.05) is 7.11 Å². The average Bonchev–Trinajstić information content (AvgIpc) is 2.65. The minimum absolute atomic E-state index is 0.0894. The number of carbonyl (C=O) groups excluding carboxylic acids is 1. The number of aromatic hydroxyl groups is 1. The SMILES string of the molecule is COc1ccccc1-n1nc(C)c(O)c1C(C)=O. The number of Topliss-reactive ketones (excluding diaryl/α,β-unsaturated/α-hetero) is 1. The molecule has 0 radical (unpaired) electrons. The lowest BCUT2D eigenvalue weighted by Crippen LogP contribution is -2.07. The number of nitrogens with zero attached hydrogens (tertiary/aromatic N) is 2. The van der Waals surface area contributed by atoms with E-state index >= 15 is 0 Å². The fraction of sp³-hybridized carbons (Fsp3) is 0.231. The number of ketones is 1. The molecule has 18 heavy (non-hydrogen) atoms. The largest absolute Gasteiger partial charge is 0.504 e. The second kappa shape index (κ2) is 4.52. The zero-order chi connectivity index (χ0) is 13.3. The van der Waals surface area contributed by atoms with Gasteiger partial charge in [-0.3, -0.25) is 4.79 Å². The van der Waals surface area contributed by atoms with Gasteiger partial charge in [-0.2, -0.15) is 5.10 Å². The van der Waals surface area contributed by atoms with Crippen LogP contribution < -0.4 is 4.74 Å². The van der Waals surface area contributed by atoms with E-state index in [9.17, 15) is 9.90 Å². The van der Waals surface area contributed by atoms with Crippen molar-refractivity contribution < 1.29 is 14.6 Å². The summed E-state index contributed by atoms with van der Waals surface area (Å²) < 4.78 is 6.64. The monoisotopic (exact) mass is 246 g/mol. The number of para-hydroxylation sites is 2. The topological polar surface area (TPSA) is 64.3 Å². The highest BCUT2D eigenvalue weighted by Gasteiger charge is 2.20. The molecular formula is C13H14N2O3. The lowest BCUT2D eigenvalue weighted by Gasteiger charge is -2.09. The first-order chi connectivity index (χ1) is 8.56. The van der Waals surface area contributed by atoms with Gasteiger partial charge in [0.15, 0.2) is 17.2 Å². The Morgan fingerprint density at radius 1 is 1.39 bits per heavy atom. The van der Waals surface area contributed by atoms with Crippen LogP contribution in [0.15, 0.2) is 24.3 Å². The van der Waals surface area contributed by atoms with E-state index in [1.165, 1.54) is 11.6 Å². The van der Waals surface area contributed by atoms with Crippen molar-refractivity contribution in [2.45, 2.75) is 13.8 Å². The first-order valence-corrected chi connectivity index (χ1v) is 5.49. The zero-order valence-electron chi connectivity index (χ0n) is 10.5. The predicted octanol–water partition coefficient (Wildman–Crippen LogP) is 2.10. The highest BCUT2D eigenvalue weighted by atomic mass is 16.5. The lowest BCUT2D eigenvalue weighted by molar-refractivity contribution is 0.100.